The van der Waals surface area contributed by atoms with Gasteiger partial charge < -0.3 is 14.1 Å². The standard InChI is InChI=1S/C27H17ClIN3O4/c28-20-8-3-2-7-18(20)24-19-14-17(29)11-12-21(19)31-25(24)26(33)32-30-15-16-6-1-4-9-22(16)36-27(34)23-10-5-13-35-23/h1-15,31H,(H,32,33). The van der Waals surface area contributed by atoms with Gasteiger partial charge >= 0.3 is 5.97 Å². The Balaban J connectivity index is 1.43. The Morgan fingerprint density at radius 2 is 1.83 bits per heavy atom. The van der Waals surface area contributed by atoms with Gasteiger partial charge in [0.05, 0.1) is 12.5 Å². The molecular formula is C27H17ClIN3O4. The molecule has 7 nitrogen and oxygen atoms in total. The van der Waals surface area contributed by atoms with Crippen LogP contribution in [0.4, 0.5) is 0 Å². The van der Waals surface area contributed by atoms with E-state index in [0.29, 0.717) is 21.8 Å². The van der Waals surface area contributed by atoms with Gasteiger partial charge in [0.25, 0.3) is 5.91 Å². The molecule has 0 aliphatic heterocycles. The van der Waals surface area contributed by atoms with E-state index in [0.717, 1.165) is 20.0 Å². The first kappa shape index (κ1) is 23.8. The fourth-order valence-electron chi connectivity index (χ4n) is 3.72. The third kappa shape index (κ3) is 4.91. The SMILES string of the molecule is O=C(Oc1ccccc1C=NNC(=O)c1[nH]c2ccc(I)cc2c1-c1ccccc1Cl)c1ccco1. The summed E-state index contributed by atoms with van der Waals surface area (Å²) in [7, 11) is 0. The molecule has 0 saturated heterocycles. The number of hydrogen-bond acceptors (Lipinski definition) is 5. The van der Waals surface area contributed by atoms with Gasteiger partial charge in [-0.15, -0.1) is 0 Å². The number of benzene rings is 3. The predicted molar refractivity (Wildman–Crippen MR) is 147 cm³/mol. The van der Waals surface area contributed by atoms with Crippen LogP contribution in [0.15, 0.2) is 94.6 Å². The van der Waals surface area contributed by atoms with Crippen LogP contribution in [0.25, 0.3) is 22.0 Å². The minimum absolute atomic E-state index is 0.0793. The third-order valence-electron chi connectivity index (χ3n) is 5.34. The molecule has 0 aliphatic rings. The largest absolute Gasteiger partial charge is 0.457 e. The van der Waals surface area contributed by atoms with Gasteiger partial charge in [0, 0.05) is 36.2 Å². The monoisotopic (exact) mass is 609 g/mol. The Labute approximate surface area is 224 Å². The molecule has 3 aromatic carbocycles. The van der Waals surface area contributed by atoms with Crippen molar-refractivity contribution in [3.63, 3.8) is 0 Å². The van der Waals surface area contributed by atoms with E-state index in [4.69, 9.17) is 20.8 Å². The minimum Gasteiger partial charge on any atom is -0.457 e. The topological polar surface area (TPSA) is 96.7 Å². The van der Waals surface area contributed by atoms with Gasteiger partial charge in [-0.2, -0.15) is 5.10 Å². The smallest absolute Gasteiger partial charge is 0.379 e. The Kier molecular flexibility index (Phi) is 6.88. The third-order valence-corrected chi connectivity index (χ3v) is 6.35. The molecule has 0 bridgehead atoms. The Morgan fingerprint density at radius 1 is 1.03 bits per heavy atom. The number of carbonyl (C=O) groups excluding carboxylic acids is 2. The van der Waals surface area contributed by atoms with E-state index >= 15 is 0 Å². The highest BCUT2D eigenvalue weighted by molar-refractivity contribution is 14.1. The molecule has 2 aromatic heterocycles. The molecule has 9 heteroatoms. The van der Waals surface area contributed by atoms with Crippen molar-refractivity contribution < 1.29 is 18.7 Å². The molecule has 0 unspecified atom stereocenters. The highest BCUT2D eigenvalue weighted by Gasteiger charge is 2.21. The maximum atomic E-state index is 13.2. The summed E-state index contributed by atoms with van der Waals surface area (Å²) in [6, 6.07) is 23.2. The van der Waals surface area contributed by atoms with Crippen molar-refractivity contribution in [3.05, 3.63) is 111 Å². The highest BCUT2D eigenvalue weighted by atomic mass is 127. The second kappa shape index (κ2) is 10.4. The molecule has 1 amide bonds. The summed E-state index contributed by atoms with van der Waals surface area (Å²) in [6.07, 6.45) is 2.80. The first-order valence-corrected chi connectivity index (χ1v) is 12.2. The summed E-state index contributed by atoms with van der Waals surface area (Å²) in [5, 5.41) is 5.50. The zero-order valence-corrected chi connectivity index (χ0v) is 21.4. The molecular weight excluding hydrogens is 593 g/mol. The average Bonchev–Trinajstić information content (AvgIpc) is 3.54. The Bertz CT molecular complexity index is 1610. The second-order valence-electron chi connectivity index (χ2n) is 7.65. The van der Waals surface area contributed by atoms with E-state index in [2.05, 4.69) is 38.1 Å². The quantitative estimate of drug-likeness (QED) is 0.0739. The molecule has 36 heavy (non-hydrogen) atoms. The number of aromatic amines is 1. The molecule has 0 fully saturated rings. The van der Waals surface area contributed by atoms with E-state index in [1.54, 1.807) is 36.4 Å². The summed E-state index contributed by atoms with van der Waals surface area (Å²) in [5.41, 5.74) is 5.60. The summed E-state index contributed by atoms with van der Waals surface area (Å²) in [6.45, 7) is 0. The number of esters is 1. The Hall–Kier alpha value is -3.89. The molecule has 0 atom stereocenters. The lowest BCUT2D eigenvalue weighted by Crippen LogP contribution is -2.19. The maximum absolute atomic E-state index is 13.2. The fourth-order valence-corrected chi connectivity index (χ4v) is 4.44. The van der Waals surface area contributed by atoms with Crippen molar-refractivity contribution in [2.24, 2.45) is 5.10 Å². The van der Waals surface area contributed by atoms with Crippen LogP contribution in [-0.4, -0.2) is 23.1 Å². The lowest BCUT2D eigenvalue weighted by molar-refractivity contribution is 0.0701. The molecule has 5 rings (SSSR count). The number of halogens is 2. The lowest BCUT2D eigenvalue weighted by atomic mass is 10.0. The van der Waals surface area contributed by atoms with E-state index < -0.39 is 11.9 Å². The number of furan rings is 1. The fraction of sp³-hybridized carbons (Fsp3) is 0. The van der Waals surface area contributed by atoms with Crippen molar-refractivity contribution in [2.45, 2.75) is 0 Å². The highest BCUT2D eigenvalue weighted by Crippen LogP contribution is 2.37. The van der Waals surface area contributed by atoms with Crippen LogP contribution in [0.3, 0.4) is 0 Å². The number of H-pyrrole nitrogens is 1. The van der Waals surface area contributed by atoms with E-state index in [9.17, 15) is 9.59 Å². The number of para-hydroxylation sites is 1. The Morgan fingerprint density at radius 3 is 2.64 bits per heavy atom. The van der Waals surface area contributed by atoms with E-state index in [-0.39, 0.29) is 11.5 Å². The summed E-state index contributed by atoms with van der Waals surface area (Å²) in [4.78, 5) is 28.7. The van der Waals surface area contributed by atoms with Gasteiger partial charge in [-0.1, -0.05) is 41.9 Å². The molecule has 2 heterocycles. The van der Waals surface area contributed by atoms with Crippen LogP contribution < -0.4 is 10.2 Å². The van der Waals surface area contributed by atoms with Gasteiger partial charge in [0.1, 0.15) is 11.4 Å². The summed E-state index contributed by atoms with van der Waals surface area (Å²) < 4.78 is 11.5. The number of nitrogens with zero attached hydrogens (tertiary/aromatic N) is 1. The zero-order chi connectivity index (χ0) is 25.1. The molecule has 0 aliphatic carbocycles. The molecule has 5 aromatic rings. The van der Waals surface area contributed by atoms with Crippen LogP contribution >= 0.6 is 34.2 Å². The minimum atomic E-state index is -0.637. The molecule has 0 saturated carbocycles. The van der Waals surface area contributed by atoms with Crippen molar-refractivity contribution in [3.8, 4) is 16.9 Å². The van der Waals surface area contributed by atoms with Gasteiger partial charge in [-0.3, -0.25) is 4.79 Å². The van der Waals surface area contributed by atoms with Gasteiger partial charge in [0.15, 0.2) is 0 Å². The van der Waals surface area contributed by atoms with Crippen LogP contribution in [0.5, 0.6) is 5.75 Å². The number of hydrogen-bond donors (Lipinski definition) is 2. The number of hydrazone groups is 1. The number of rotatable bonds is 6. The second-order valence-corrected chi connectivity index (χ2v) is 9.30. The first-order valence-electron chi connectivity index (χ1n) is 10.8. The summed E-state index contributed by atoms with van der Waals surface area (Å²) in [5.74, 6) is -0.733. The van der Waals surface area contributed by atoms with Crippen molar-refractivity contribution >= 4 is 63.2 Å². The number of amides is 1. The number of carbonyl (C=O) groups is 2. The number of ether oxygens (including phenoxy) is 1. The number of fused-ring (bicyclic) bond motifs is 1. The van der Waals surface area contributed by atoms with Crippen molar-refractivity contribution in [2.75, 3.05) is 0 Å². The average molecular weight is 610 g/mol. The van der Waals surface area contributed by atoms with Gasteiger partial charge in [-0.25, -0.2) is 10.2 Å². The maximum Gasteiger partial charge on any atom is 0.379 e. The molecule has 178 valence electrons. The van der Waals surface area contributed by atoms with Crippen LogP contribution in [0.2, 0.25) is 5.02 Å². The molecule has 0 spiro atoms. The van der Waals surface area contributed by atoms with Crippen LogP contribution in [0.1, 0.15) is 26.6 Å². The van der Waals surface area contributed by atoms with Crippen LogP contribution in [0, 0.1) is 3.57 Å². The van der Waals surface area contributed by atoms with Gasteiger partial charge in [-0.05, 0) is 71.1 Å². The normalized spacial score (nSPS) is 11.2. The van der Waals surface area contributed by atoms with Gasteiger partial charge in [0.2, 0.25) is 5.76 Å². The lowest BCUT2D eigenvalue weighted by Gasteiger charge is -2.07. The van der Waals surface area contributed by atoms with Crippen molar-refractivity contribution in [1.82, 2.24) is 10.4 Å². The summed E-state index contributed by atoms with van der Waals surface area (Å²) >= 11 is 8.72. The van der Waals surface area contributed by atoms with Crippen LogP contribution in [-0.2, 0) is 0 Å². The van der Waals surface area contributed by atoms with Crippen molar-refractivity contribution in [1.29, 1.82) is 0 Å². The van der Waals surface area contributed by atoms with E-state index in [1.165, 1.54) is 18.5 Å². The first-order chi connectivity index (χ1) is 17.5. The van der Waals surface area contributed by atoms with E-state index in [1.807, 2.05) is 36.4 Å². The number of nitrogens with one attached hydrogen (secondary N) is 2. The molecule has 2 N–H and O–H groups in total. The number of aromatic nitrogens is 1. The zero-order valence-electron chi connectivity index (χ0n) is 18.5. The predicted octanol–water partition coefficient (Wildman–Crippen LogP) is 6.67. The molecule has 0 radical (unpaired) electrons.